The summed E-state index contributed by atoms with van der Waals surface area (Å²) >= 11 is 4.06. The Kier molecular flexibility index (Phi) is 4.67. The molecule has 3 unspecified atom stereocenters. The second-order valence-electron chi connectivity index (χ2n) is 4.75. The predicted molar refractivity (Wildman–Crippen MR) is 77.7 cm³/mol. The van der Waals surface area contributed by atoms with E-state index in [-0.39, 0.29) is 6.10 Å². The van der Waals surface area contributed by atoms with E-state index in [4.69, 9.17) is 0 Å². The van der Waals surface area contributed by atoms with Gasteiger partial charge in [-0.2, -0.15) is 0 Å². The number of hydrogen-bond donors (Lipinski definition) is 1. The molecule has 1 nitrogen and oxygen atoms in total. The minimum Gasteiger partial charge on any atom is -0.388 e. The standard InChI is InChI=1S/C13H19IOS/c1-2-9-5-3-4-6-11(9)13(15)10-7-12(14)16-8-10/h7-9,11,13,15H,2-6H2,1H3. The normalized spacial score (nSPS) is 27.9. The van der Waals surface area contributed by atoms with E-state index in [1.54, 1.807) is 11.3 Å². The Hall–Kier alpha value is 0.390. The average Bonchev–Trinajstić information content (AvgIpc) is 2.75. The van der Waals surface area contributed by atoms with Crippen LogP contribution in [0, 0.1) is 14.7 Å². The second-order valence-corrected chi connectivity index (χ2v) is 7.55. The molecule has 1 aliphatic rings. The maximum Gasteiger partial charge on any atom is 0.0829 e. The van der Waals surface area contributed by atoms with Gasteiger partial charge in [-0.05, 0) is 57.9 Å². The van der Waals surface area contributed by atoms with Crippen LogP contribution in [0.5, 0.6) is 0 Å². The molecule has 0 bridgehead atoms. The van der Waals surface area contributed by atoms with E-state index < -0.39 is 0 Å². The highest BCUT2D eigenvalue weighted by Crippen LogP contribution is 2.41. The van der Waals surface area contributed by atoms with Crippen LogP contribution in [0.3, 0.4) is 0 Å². The molecule has 1 aromatic heterocycles. The van der Waals surface area contributed by atoms with E-state index in [0.29, 0.717) is 5.92 Å². The first kappa shape index (κ1) is 12.8. The quantitative estimate of drug-likeness (QED) is 0.790. The Morgan fingerprint density at radius 2 is 2.25 bits per heavy atom. The fourth-order valence-electron chi connectivity index (χ4n) is 2.88. The molecule has 0 aromatic carbocycles. The van der Waals surface area contributed by atoms with E-state index in [0.717, 1.165) is 11.5 Å². The fourth-order valence-corrected chi connectivity index (χ4v) is 4.29. The number of aliphatic hydroxyl groups excluding tert-OH is 1. The summed E-state index contributed by atoms with van der Waals surface area (Å²) < 4.78 is 1.27. The third-order valence-corrected chi connectivity index (χ3v) is 5.63. The van der Waals surface area contributed by atoms with Crippen LogP contribution in [0.2, 0.25) is 0 Å². The second kappa shape index (κ2) is 5.83. The van der Waals surface area contributed by atoms with Gasteiger partial charge >= 0.3 is 0 Å². The maximum absolute atomic E-state index is 10.5. The van der Waals surface area contributed by atoms with Crippen molar-refractivity contribution in [2.24, 2.45) is 11.8 Å². The molecule has 0 radical (unpaired) electrons. The summed E-state index contributed by atoms with van der Waals surface area (Å²) in [5.41, 5.74) is 1.14. The van der Waals surface area contributed by atoms with Crippen LogP contribution in [0.1, 0.15) is 50.7 Å². The molecule has 2 rings (SSSR count). The maximum atomic E-state index is 10.5. The lowest BCUT2D eigenvalue weighted by atomic mass is 9.74. The van der Waals surface area contributed by atoms with Crippen LogP contribution in [-0.2, 0) is 0 Å². The third-order valence-electron chi connectivity index (χ3n) is 3.83. The van der Waals surface area contributed by atoms with Crippen molar-refractivity contribution >= 4 is 33.9 Å². The van der Waals surface area contributed by atoms with Crippen molar-refractivity contribution in [2.75, 3.05) is 0 Å². The van der Waals surface area contributed by atoms with Crippen LogP contribution in [0.15, 0.2) is 11.4 Å². The van der Waals surface area contributed by atoms with Crippen molar-refractivity contribution in [1.29, 1.82) is 0 Å². The number of halogens is 1. The first-order valence-corrected chi connectivity index (χ1v) is 8.10. The Balaban J connectivity index is 2.10. The van der Waals surface area contributed by atoms with E-state index in [1.807, 2.05) is 0 Å². The molecule has 1 aliphatic carbocycles. The fraction of sp³-hybridized carbons (Fsp3) is 0.692. The summed E-state index contributed by atoms with van der Waals surface area (Å²) in [7, 11) is 0. The molecule has 3 heteroatoms. The van der Waals surface area contributed by atoms with Crippen LogP contribution in [-0.4, -0.2) is 5.11 Å². The zero-order valence-electron chi connectivity index (χ0n) is 9.66. The zero-order valence-corrected chi connectivity index (χ0v) is 12.6. The van der Waals surface area contributed by atoms with Crippen molar-refractivity contribution in [3.63, 3.8) is 0 Å². The Labute approximate surface area is 115 Å². The molecule has 0 amide bonds. The lowest BCUT2D eigenvalue weighted by Gasteiger charge is -2.34. The summed E-state index contributed by atoms with van der Waals surface area (Å²) in [6, 6.07) is 2.14. The largest absolute Gasteiger partial charge is 0.388 e. The lowest BCUT2D eigenvalue weighted by molar-refractivity contribution is 0.0455. The molecule has 0 spiro atoms. The van der Waals surface area contributed by atoms with Crippen LogP contribution in [0.25, 0.3) is 0 Å². The molecule has 3 atom stereocenters. The zero-order chi connectivity index (χ0) is 11.5. The molecule has 1 fully saturated rings. The first-order chi connectivity index (χ1) is 7.72. The Morgan fingerprint density at radius 1 is 1.50 bits per heavy atom. The summed E-state index contributed by atoms with van der Waals surface area (Å²) in [4.78, 5) is 0. The molecule has 0 aliphatic heterocycles. The van der Waals surface area contributed by atoms with Gasteiger partial charge in [-0.1, -0.05) is 32.6 Å². The molecular weight excluding hydrogens is 331 g/mol. The minimum atomic E-state index is -0.231. The summed E-state index contributed by atoms with van der Waals surface area (Å²) in [6.45, 7) is 2.26. The Morgan fingerprint density at radius 3 is 2.88 bits per heavy atom. The molecule has 1 saturated carbocycles. The highest BCUT2D eigenvalue weighted by molar-refractivity contribution is 14.1. The number of aliphatic hydroxyl groups is 1. The summed E-state index contributed by atoms with van der Waals surface area (Å²) in [6.07, 6.45) is 6.13. The molecule has 0 saturated heterocycles. The number of thiophene rings is 1. The topological polar surface area (TPSA) is 20.2 Å². The molecule has 90 valence electrons. The van der Waals surface area contributed by atoms with Gasteiger partial charge in [0.15, 0.2) is 0 Å². The van der Waals surface area contributed by atoms with Gasteiger partial charge in [0.1, 0.15) is 0 Å². The predicted octanol–water partition coefficient (Wildman–Crippen LogP) is 4.60. The monoisotopic (exact) mass is 350 g/mol. The average molecular weight is 350 g/mol. The smallest absolute Gasteiger partial charge is 0.0829 e. The molecule has 1 heterocycles. The number of hydrogen-bond acceptors (Lipinski definition) is 2. The van der Waals surface area contributed by atoms with E-state index in [1.165, 1.54) is 35.0 Å². The van der Waals surface area contributed by atoms with E-state index in [9.17, 15) is 5.11 Å². The SMILES string of the molecule is CCC1CCCCC1C(O)c1csc(I)c1. The highest BCUT2D eigenvalue weighted by Gasteiger charge is 2.30. The van der Waals surface area contributed by atoms with E-state index >= 15 is 0 Å². The van der Waals surface area contributed by atoms with Crippen LogP contribution in [0.4, 0.5) is 0 Å². The summed E-state index contributed by atoms with van der Waals surface area (Å²) in [5.74, 6) is 1.21. The molecule has 1 N–H and O–H groups in total. The highest BCUT2D eigenvalue weighted by atomic mass is 127. The van der Waals surface area contributed by atoms with Gasteiger partial charge in [0.25, 0.3) is 0 Å². The van der Waals surface area contributed by atoms with Crippen LogP contribution < -0.4 is 0 Å². The minimum absolute atomic E-state index is 0.231. The van der Waals surface area contributed by atoms with Crippen molar-refractivity contribution in [1.82, 2.24) is 0 Å². The van der Waals surface area contributed by atoms with Gasteiger partial charge in [-0.15, -0.1) is 11.3 Å². The lowest BCUT2D eigenvalue weighted by Crippen LogP contribution is -2.25. The molecular formula is C13H19IOS. The Bertz CT molecular complexity index is 336. The van der Waals surface area contributed by atoms with Gasteiger partial charge in [0, 0.05) is 0 Å². The van der Waals surface area contributed by atoms with Crippen molar-refractivity contribution in [3.05, 3.63) is 19.9 Å². The van der Waals surface area contributed by atoms with Crippen LogP contribution >= 0.6 is 33.9 Å². The van der Waals surface area contributed by atoms with Gasteiger partial charge in [-0.3, -0.25) is 0 Å². The molecule has 1 aromatic rings. The van der Waals surface area contributed by atoms with Crippen molar-refractivity contribution in [3.8, 4) is 0 Å². The number of rotatable bonds is 3. The summed E-state index contributed by atoms with van der Waals surface area (Å²) in [5, 5.41) is 12.6. The first-order valence-electron chi connectivity index (χ1n) is 6.14. The van der Waals surface area contributed by atoms with E-state index in [2.05, 4.69) is 41.0 Å². The van der Waals surface area contributed by atoms with Gasteiger partial charge < -0.3 is 5.11 Å². The van der Waals surface area contributed by atoms with Gasteiger partial charge in [0.2, 0.25) is 0 Å². The van der Waals surface area contributed by atoms with Crippen molar-refractivity contribution in [2.45, 2.75) is 45.1 Å². The van der Waals surface area contributed by atoms with Crippen molar-refractivity contribution < 1.29 is 5.11 Å². The van der Waals surface area contributed by atoms with Gasteiger partial charge in [-0.25, -0.2) is 0 Å². The van der Waals surface area contributed by atoms with Gasteiger partial charge in [0.05, 0.1) is 8.99 Å². The molecule has 16 heavy (non-hydrogen) atoms. The third kappa shape index (κ3) is 2.79.